The monoisotopic (exact) mass is 418 g/mol. The third-order valence-corrected chi connectivity index (χ3v) is 5.85. The predicted molar refractivity (Wildman–Crippen MR) is 120 cm³/mol. The first-order valence-corrected chi connectivity index (χ1v) is 11.3. The van der Waals surface area contributed by atoms with E-state index in [1.165, 1.54) is 0 Å². The van der Waals surface area contributed by atoms with E-state index in [1.54, 1.807) is 17.0 Å². The highest BCUT2D eigenvalue weighted by molar-refractivity contribution is 5.79. The van der Waals surface area contributed by atoms with E-state index in [-0.39, 0.29) is 29.6 Å². The molecule has 0 aliphatic carbocycles. The molecular formula is C23H38N4O3. The molecule has 1 aromatic rings. The molecule has 1 atom stereocenters. The summed E-state index contributed by atoms with van der Waals surface area (Å²) in [5.41, 5.74) is 1.07. The minimum absolute atomic E-state index is 0.00285. The number of aromatic hydroxyl groups is 1. The molecule has 0 bridgehead atoms. The van der Waals surface area contributed by atoms with Crippen molar-refractivity contribution in [2.75, 3.05) is 39.3 Å². The van der Waals surface area contributed by atoms with E-state index < -0.39 is 0 Å². The number of nitrogens with one attached hydrogen (secondary N) is 2. The van der Waals surface area contributed by atoms with E-state index in [0.29, 0.717) is 38.9 Å². The van der Waals surface area contributed by atoms with Crippen molar-refractivity contribution >= 4 is 11.9 Å². The molecule has 0 radical (unpaired) electrons. The number of likely N-dealkylation sites (tertiary alicyclic amines) is 1. The summed E-state index contributed by atoms with van der Waals surface area (Å²) in [6, 6.07) is 6.97. The average molecular weight is 419 g/mol. The van der Waals surface area contributed by atoms with Crippen molar-refractivity contribution in [3.8, 4) is 5.75 Å². The molecule has 0 spiro atoms. The molecule has 7 heteroatoms. The number of urea groups is 1. The molecule has 168 valence electrons. The Labute approximate surface area is 180 Å². The Kier molecular flexibility index (Phi) is 9.94. The minimum atomic E-state index is -0.0700. The van der Waals surface area contributed by atoms with Gasteiger partial charge in [-0.1, -0.05) is 26.0 Å². The Morgan fingerprint density at radius 2 is 1.80 bits per heavy atom. The molecule has 1 saturated heterocycles. The Balaban J connectivity index is 1.65. The minimum Gasteiger partial charge on any atom is -0.508 e. The largest absolute Gasteiger partial charge is 0.508 e. The molecule has 1 aromatic carbocycles. The summed E-state index contributed by atoms with van der Waals surface area (Å²) in [7, 11) is 0. The number of carbonyl (C=O) groups excluding carboxylic acids is 2. The van der Waals surface area contributed by atoms with Gasteiger partial charge in [-0.3, -0.25) is 4.79 Å². The summed E-state index contributed by atoms with van der Waals surface area (Å²) >= 11 is 0. The van der Waals surface area contributed by atoms with Gasteiger partial charge in [0.25, 0.3) is 0 Å². The molecule has 1 aliphatic rings. The fourth-order valence-electron chi connectivity index (χ4n) is 3.88. The van der Waals surface area contributed by atoms with E-state index in [0.717, 1.165) is 31.6 Å². The topological polar surface area (TPSA) is 84.9 Å². The number of rotatable bonds is 10. The number of carbonyl (C=O) groups is 2. The van der Waals surface area contributed by atoms with Crippen LogP contribution in [0, 0.1) is 5.92 Å². The van der Waals surface area contributed by atoms with Crippen molar-refractivity contribution in [3.63, 3.8) is 0 Å². The van der Waals surface area contributed by atoms with Crippen LogP contribution in [0.5, 0.6) is 5.75 Å². The lowest BCUT2D eigenvalue weighted by molar-refractivity contribution is -0.126. The maximum atomic E-state index is 12.5. The highest BCUT2D eigenvalue weighted by Crippen LogP contribution is 2.18. The van der Waals surface area contributed by atoms with E-state index in [9.17, 15) is 14.7 Å². The van der Waals surface area contributed by atoms with Crippen LogP contribution in [-0.2, 0) is 11.2 Å². The lowest BCUT2D eigenvalue weighted by Crippen LogP contribution is -2.49. The fourth-order valence-corrected chi connectivity index (χ4v) is 3.88. The number of piperidine rings is 1. The number of benzene rings is 1. The maximum absolute atomic E-state index is 12.5. The van der Waals surface area contributed by atoms with E-state index in [1.807, 2.05) is 19.1 Å². The van der Waals surface area contributed by atoms with Crippen LogP contribution in [0.15, 0.2) is 24.3 Å². The van der Waals surface area contributed by atoms with Gasteiger partial charge in [0.15, 0.2) is 0 Å². The van der Waals surface area contributed by atoms with Crippen molar-refractivity contribution in [3.05, 3.63) is 29.8 Å². The summed E-state index contributed by atoms with van der Waals surface area (Å²) in [6.45, 7) is 11.3. The lowest BCUT2D eigenvalue weighted by atomic mass is 9.96. The first kappa shape index (κ1) is 24.0. The third-order valence-electron chi connectivity index (χ3n) is 5.85. The summed E-state index contributed by atoms with van der Waals surface area (Å²) in [5.74, 6) is 0.360. The van der Waals surface area contributed by atoms with Gasteiger partial charge in [0.2, 0.25) is 5.91 Å². The Morgan fingerprint density at radius 3 is 2.40 bits per heavy atom. The van der Waals surface area contributed by atoms with Crippen LogP contribution in [-0.4, -0.2) is 72.2 Å². The number of hydrogen-bond acceptors (Lipinski definition) is 4. The van der Waals surface area contributed by atoms with Gasteiger partial charge in [-0.2, -0.15) is 0 Å². The first-order valence-electron chi connectivity index (χ1n) is 11.3. The summed E-state index contributed by atoms with van der Waals surface area (Å²) in [5, 5.41) is 15.5. The molecular weight excluding hydrogens is 380 g/mol. The van der Waals surface area contributed by atoms with E-state index in [2.05, 4.69) is 29.4 Å². The number of phenols is 1. The number of nitrogens with zero attached hydrogens (tertiary/aromatic N) is 2. The standard InChI is InChI=1S/C23H38N4O3/c1-4-26(5-2)14-6-13-24-22(29)20-11-15-27(16-12-20)23(30)25-18(3)17-19-7-9-21(28)10-8-19/h7-10,18,20,28H,4-6,11-17H2,1-3H3,(H,24,29)(H,25,30). The van der Waals surface area contributed by atoms with Gasteiger partial charge in [-0.15, -0.1) is 0 Å². The Morgan fingerprint density at radius 1 is 1.17 bits per heavy atom. The molecule has 1 heterocycles. The van der Waals surface area contributed by atoms with Gasteiger partial charge in [0.05, 0.1) is 0 Å². The molecule has 1 unspecified atom stereocenters. The molecule has 1 aliphatic heterocycles. The highest BCUT2D eigenvalue weighted by Gasteiger charge is 2.27. The van der Waals surface area contributed by atoms with Crippen molar-refractivity contribution in [1.82, 2.24) is 20.4 Å². The zero-order valence-corrected chi connectivity index (χ0v) is 18.7. The van der Waals surface area contributed by atoms with Gasteiger partial charge < -0.3 is 25.5 Å². The van der Waals surface area contributed by atoms with Crippen LogP contribution in [0.4, 0.5) is 4.79 Å². The smallest absolute Gasteiger partial charge is 0.317 e. The van der Waals surface area contributed by atoms with E-state index >= 15 is 0 Å². The third kappa shape index (κ3) is 7.86. The Bertz CT molecular complexity index is 653. The van der Waals surface area contributed by atoms with Gasteiger partial charge in [0, 0.05) is 31.6 Å². The highest BCUT2D eigenvalue weighted by atomic mass is 16.3. The van der Waals surface area contributed by atoms with Gasteiger partial charge in [-0.25, -0.2) is 4.79 Å². The van der Waals surface area contributed by atoms with Gasteiger partial charge in [0.1, 0.15) is 5.75 Å². The normalized spacial score (nSPS) is 15.8. The number of amides is 3. The average Bonchev–Trinajstić information content (AvgIpc) is 2.75. The second-order valence-corrected chi connectivity index (χ2v) is 8.15. The predicted octanol–water partition coefficient (Wildman–Crippen LogP) is 2.59. The van der Waals surface area contributed by atoms with Crippen LogP contribution >= 0.6 is 0 Å². The quantitative estimate of drug-likeness (QED) is 0.510. The SMILES string of the molecule is CCN(CC)CCCNC(=O)C1CCN(C(=O)NC(C)Cc2ccc(O)cc2)CC1. The van der Waals surface area contributed by atoms with Crippen LogP contribution in [0.25, 0.3) is 0 Å². The molecule has 2 rings (SSSR count). The van der Waals surface area contributed by atoms with E-state index in [4.69, 9.17) is 0 Å². The Hall–Kier alpha value is -2.28. The second-order valence-electron chi connectivity index (χ2n) is 8.15. The van der Waals surface area contributed by atoms with Crippen LogP contribution < -0.4 is 10.6 Å². The van der Waals surface area contributed by atoms with Crippen LogP contribution in [0.1, 0.15) is 45.6 Å². The summed E-state index contributed by atoms with van der Waals surface area (Å²) in [6.07, 6.45) is 3.09. The maximum Gasteiger partial charge on any atom is 0.317 e. The van der Waals surface area contributed by atoms with Gasteiger partial charge >= 0.3 is 6.03 Å². The fraction of sp³-hybridized carbons (Fsp3) is 0.652. The van der Waals surface area contributed by atoms with Gasteiger partial charge in [-0.05, 0) is 69.9 Å². The van der Waals surface area contributed by atoms with Crippen molar-refractivity contribution in [1.29, 1.82) is 0 Å². The summed E-state index contributed by atoms with van der Waals surface area (Å²) < 4.78 is 0. The molecule has 7 nitrogen and oxygen atoms in total. The van der Waals surface area contributed by atoms with Crippen molar-refractivity contribution < 1.29 is 14.7 Å². The van der Waals surface area contributed by atoms with Crippen molar-refractivity contribution in [2.24, 2.45) is 5.92 Å². The second kappa shape index (κ2) is 12.4. The number of hydrogen-bond donors (Lipinski definition) is 3. The first-order chi connectivity index (χ1) is 14.4. The molecule has 30 heavy (non-hydrogen) atoms. The zero-order valence-electron chi connectivity index (χ0n) is 18.7. The molecule has 0 aromatic heterocycles. The zero-order chi connectivity index (χ0) is 21.9. The molecule has 1 fully saturated rings. The molecule has 3 N–H and O–H groups in total. The lowest BCUT2D eigenvalue weighted by Gasteiger charge is -2.32. The number of phenolic OH excluding ortho intramolecular Hbond substituents is 1. The van der Waals surface area contributed by atoms with Crippen LogP contribution in [0.3, 0.4) is 0 Å². The van der Waals surface area contributed by atoms with Crippen LogP contribution in [0.2, 0.25) is 0 Å². The van der Waals surface area contributed by atoms with Crippen molar-refractivity contribution in [2.45, 2.75) is 52.5 Å². The summed E-state index contributed by atoms with van der Waals surface area (Å²) in [4.78, 5) is 29.1. The molecule has 0 saturated carbocycles. The molecule has 3 amide bonds.